The Bertz CT molecular complexity index is 430. The second-order valence-electron chi connectivity index (χ2n) is 2.76. The van der Waals surface area contributed by atoms with Crippen molar-refractivity contribution in [2.75, 3.05) is 0 Å². The molecule has 0 aliphatic heterocycles. The first kappa shape index (κ1) is 9.93. The van der Waals surface area contributed by atoms with Crippen molar-refractivity contribution in [2.45, 2.75) is 6.92 Å². The lowest BCUT2D eigenvalue weighted by Gasteiger charge is -1.98. The largest absolute Gasteiger partial charge is 0.270 e. The van der Waals surface area contributed by atoms with E-state index < -0.39 is 4.92 Å². The summed E-state index contributed by atoms with van der Waals surface area (Å²) in [6.45, 7) is 1.83. The molecule has 0 unspecified atom stereocenters. The molecule has 1 rings (SSSR count). The van der Waals surface area contributed by atoms with Crippen LogP contribution in [0.15, 0.2) is 24.3 Å². The molecule has 0 atom stereocenters. The number of nitro benzene ring substituents is 1. The summed E-state index contributed by atoms with van der Waals surface area (Å²) in [5, 5.41) is 18.8. The van der Waals surface area contributed by atoms with Gasteiger partial charge in [-0.05, 0) is 24.1 Å². The molecule has 0 N–H and O–H groups in total. The van der Waals surface area contributed by atoms with Crippen molar-refractivity contribution in [2.24, 2.45) is 0 Å². The summed E-state index contributed by atoms with van der Waals surface area (Å²) in [4.78, 5) is 10.00. The van der Waals surface area contributed by atoms with Crippen LogP contribution in [0.25, 0.3) is 6.08 Å². The number of hydrogen-bond donors (Lipinski definition) is 0. The fraction of sp³-hybridized carbons (Fsp3) is 0.100. The molecular formula is C10H8N2O2. The SMILES string of the molecule is Cc1ccc([N+](=O)[O-])cc1/C=C/C#N. The number of nitro groups is 1. The van der Waals surface area contributed by atoms with Gasteiger partial charge in [-0.3, -0.25) is 10.1 Å². The maximum absolute atomic E-state index is 10.5. The predicted molar refractivity (Wildman–Crippen MR) is 52.5 cm³/mol. The van der Waals surface area contributed by atoms with Gasteiger partial charge in [-0.2, -0.15) is 5.26 Å². The molecule has 0 spiro atoms. The van der Waals surface area contributed by atoms with Crippen molar-refractivity contribution in [3.05, 3.63) is 45.5 Å². The zero-order chi connectivity index (χ0) is 10.6. The number of nitriles is 1. The van der Waals surface area contributed by atoms with E-state index in [-0.39, 0.29) is 5.69 Å². The number of rotatable bonds is 2. The van der Waals surface area contributed by atoms with Crippen molar-refractivity contribution in [3.63, 3.8) is 0 Å². The molecule has 1 aromatic carbocycles. The van der Waals surface area contributed by atoms with Crippen molar-refractivity contribution in [3.8, 4) is 6.07 Å². The van der Waals surface area contributed by atoms with Crippen LogP contribution < -0.4 is 0 Å². The van der Waals surface area contributed by atoms with E-state index in [2.05, 4.69) is 0 Å². The average molecular weight is 188 g/mol. The first-order valence-electron chi connectivity index (χ1n) is 3.96. The van der Waals surface area contributed by atoms with Gasteiger partial charge in [0.15, 0.2) is 0 Å². The van der Waals surface area contributed by atoms with Gasteiger partial charge in [-0.25, -0.2) is 0 Å². The van der Waals surface area contributed by atoms with Crippen LogP contribution in [0, 0.1) is 28.4 Å². The summed E-state index contributed by atoms with van der Waals surface area (Å²) in [6.07, 6.45) is 2.86. The van der Waals surface area contributed by atoms with Gasteiger partial charge in [0, 0.05) is 18.2 Å². The zero-order valence-electron chi connectivity index (χ0n) is 7.60. The van der Waals surface area contributed by atoms with Crippen LogP contribution in [-0.4, -0.2) is 4.92 Å². The predicted octanol–water partition coefficient (Wildman–Crippen LogP) is 2.44. The lowest BCUT2D eigenvalue weighted by molar-refractivity contribution is -0.384. The summed E-state index contributed by atoms with van der Waals surface area (Å²) in [7, 11) is 0. The Labute approximate surface area is 81.2 Å². The van der Waals surface area contributed by atoms with Crippen LogP contribution in [0.4, 0.5) is 5.69 Å². The van der Waals surface area contributed by atoms with E-state index in [0.717, 1.165) is 5.56 Å². The molecular weight excluding hydrogens is 180 g/mol. The Balaban J connectivity index is 3.16. The van der Waals surface area contributed by atoms with Crippen LogP contribution in [0.3, 0.4) is 0 Å². The Kier molecular flexibility index (Phi) is 2.97. The quantitative estimate of drug-likeness (QED) is 0.406. The van der Waals surface area contributed by atoms with Crippen molar-refractivity contribution >= 4 is 11.8 Å². The minimum absolute atomic E-state index is 0.0354. The molecule has 0 saturated heterocycles. The molecule has 0 radical (unpaired) electrons. The summed E-state index contributed by atoms with van der Waals surface area (Å²) in [5.74, 6) is 0. The number of benzene rings is 1. The van der Waals surface area contributed by atoms with Crippen molar-refractivity contribution in [1.29, 1.82) is 5.26 Å². The highest BCUT2D eigenvalue weighted by atomic mass is 16.6. The van der Waals surface area contributed by atoms with Gasteiger partial charge in [0.25, 0.3) is 5.69 Å². The van der Waals surface area contributed by atoms with Gasteiger partial charge in [-0.1, -0.05) is 6.07 Å². The minimum Gasteiger partial charge on any atom is -0.258 e. The monoisotopic (exact) mass is 188 g/mol. The van der Waals surface area contributed by atoms with E-state index >= 15 is 0 Å². The molecule has 0 aliphatic rings. The molecule has 0 fully saturated rings. The summed E-state index contributed by atoms with van der Waals surface area (Å²) in [6, 6.07) is 6.39. The third-order valence-electron chi connectivity index (χ3n) is 1.81. The van der Waals surface area contributed by atoms with Crippen molar-refractivity contribution < 1.29 is 4.92 Å². The maximum Gasteiger partial charge on any atom is 0.270 e. The van der Waals surface area contributed by atoms with Crippen LogP contribution in [0.5, 0.6) is 0 Å². The smallest absolute Gasteiger partial charge is 0.258 e. The third-order valence-corrected chi connectivity index (χ3v) is 1.81. The molecule has 4 nitrogen and oxygen atoms in total. The van der Waals surface area contributed by atoms with Crippen LogP contribution in [-0.2, 0) is 0 Å². The average Bonchev–Trinajstić information content (AvgIpc) is 2.16. The molecule has 4 heteroatoms. The third kappa shape index (κ3) is 2.17. The molecule has 70 valence electrons. The highest BCUT2D eigenvalue weighted by Crippen LogP contribution is 2.18. The zero-order valence-corrected chi connectivity index (χ0v) is 7.60. The topological polar surface area (TPSA) is 66.9 Å². The lowest BCUT2D eigenvalue weighted by atomic mass is 10.1. The van der Waals surface area contributed by atoms with Crippen LogP contribution >= 0.6 is 0 Å². The van der Waals surface area contributed by atoms with Gasteiger partial charge < -0.3 is 0 Å². The molecule has 0 amide bonds. The van der Waals surface area contributed by atoms with Crippen LogP contribution in [0.2, 0.25) is 0 Å². The standard InChI is InChI=1S/C10H8N2O2/c1-8-4-5-10(12(13)14)7-9(8)3-2-6-11/h2-5,7H,1H3/b3-2+. The normalized spacial score (nSPS) is 10.0. The van der Waals surface area contributed by atoms with Crippen LogP contribution in [0.1, 0.15) is 11.1 Å². The van der Waals surface area contributed by atoms with Crippen molar-refractivity contribution in [1.82, 2.24) is 0 Å². The second kappa shape index (κ2) is 4.19. The number of allylic oxidation sites excluding steroid dienone is 1. The Morgan fingerprint density at radius 1 is 1.57 bits per heavy atom. The second-order valence-corrected chi connectivity index (χ2v) is 2.76. The Morgan fingerprint density at radius 2 is 2.29 bits per heavy atom. The fourth-order valence-corrected chi connectivity index (χ4v) is 1.05. The number of non-ortho nitro benzene ring substituents is 1. The van der Waals surface area contributed by atoms with E-state index in [9.17, 15) is 10.1 Å². The molecule has 0 aliphatic carbocycles. The Morgan fingerprint density at radius 3 is 2.86 bits per heavy atom. The van der Waals surface area contributed by atoms with Gasteiger partial charge >= 0.3 is 0 Å². The van der Waals surface area contributed by atoms with E-state index in [4.69, 9.17) is 5.26 Å². The summed E-state index contributed by atoms with van der Waals surface area (Å²) >= 11 is 0. The van der Waals surface area contributed by atoms with Gasteiger partial charge in [0.1, 0.15) is 0 Å². The minimum atomic E-state index is -0.455. The number of nitrogens with zero attached hydrogens (tertiary/aromatic N) is 2. The summed E-state index contributed by atoms with van der Waals surface area (Å²) < 4.78 is 0. The molecule has 1 aromatic rings. The number of aryl methyl sites for hydroxylation is 1. The highest BCUT2D eigenvalue weighted by molar-refractivity contribution is 5.58. The van der Waals surface area contributed by atoms with E-state index in [1.807, 2.05) is 13.0 Å². The Hall–Kier alpha value is -2.15. The highest BCUT2D eigenvalue weighted by Gasteiger charge is 2.06. The molecule has 0 saturated carbocycles. The van der Waals surface area contributed by atoms with E-state index in [1.165, 1.54) is 18.2 Å². The van der Waals surface area contributed by atoms with Gasteiger partial charge in [-0.15, -0.1) is 0 Å². The molecule has 14 heavy (non-hydrogen) atoms. The lowest BCUT2D eigenvalue weighted by Crippen LogP contribution is -1.89. The summed E-state index contributed by atoms with van der Waals surface area (Å²) in [5.41, 5.74) is 1.64. The van der Waals surface area contributed by atoms with E-state index in [0.29, 0.717) is 5.56 Å². The first-order chi connectivity index (χ1) is 6.65. The van der Waals surface area contributed by atoms with Gasteiger partial charge in [0.2, 0.25) is 0 Å². The molecule has 0 heterocycles. The fourth-order valence-electron chi connectivity index (χ4n) is 1.05. The first-order valence-corrected chi connectivity index (χ1v) is 3.96. The van der Waals surface area contributed by atoms with E-state index in [1.54, 1.807) is 12.1 Å². The number of hydrogen-bond acceptors (Lipinski definition) is 3. The maximum atomic E-state index is 10.5. The molecule has 0 aromatic heterocycles. The molecule has 0 bridgehead atoms. The van der Waals surface area contributed by atoms with Gasteiger partial charge in [0.05, 0.1) is 11.0 Å².